The summed E-state index contributed by atoms with van der Waals surface area (Å²) >= 11 is 0. The number of hydrogen-bond donors (Lipinski definition) is 0. The van der Waals surface area contributed by atoms with E-state index in [0.717, 1.165) is 28.6 Å². The number of likely N-dealkylation sites (N-methyl/N-ethyl adjacent to an activating group) is 1. The van der Waals surface area contributed by atoms with Crippen LogP contribution in [0.3, 0.4) is 0 Å². The molecule has 3 heterocycles. The number of fused-ring (bicyclic) bond motifs is 1. The minimum absolute atomic E-state index is 0.360. The number of allylic oxidation sites excluding steroid dienone is 2. The number of aromatic nitrogens is 1. The van der Waals surface area contributed by atoms with Crippen molar-refractivity contribution < 1.29 is 37.4 Å². The highest BCUT2D eigenvalue weighted by molar-refractivity contribution is 7.52. The molecule has 0 radical (unpaired) electrons. The van der Waals surface area contributed by atoms with Crippen molar-refractivity contribution in [3.05, 3.63) is 150 Å². The zero-order chi connectivity index (χ0) is 37.9. The van der Waals surface area contributed by atoms with Crippen molar-refractivity contribution in [1.82, 2.24) is 19.0 Å². The highest BCUT2D eigenvalue weighted by Gasteiger charge is 2.33. The maximum atomic E-state index is 14.8. The van der Waals surface area contributed by atoms with Gasteiger partial charge in [0.2, 0.25) is 13.6 Å². The summed E-state index contributed by atoms with van der Waals surface area (Å²) in [6, 6.07) is 25.2. The average Bonchev–Trinajstić information content (AvgIpc) is 3.56. The van der Waals surface area contributed by atoms with Gasteiger partial charge in [-0.2, -0.15) is 0 Å². The van der Waals surface area contributed by atoms with Crippen molar-refractivity contribution in [1.29, 1.82) is 0 Å². The number of nitrogens with zero attached hydrogens (tertiary/aromatic N) is 4. The Labute approximate surface area is 315 Å². The Hall–Kier alpha value is -5.39. The molecule has 2 aliphatic rings. The molecule has 282 valence electrons. The lowest BCUT2D eigenvalue weighted by Crippen LogP contribution is -2.20. The Bertz CT molecular complexity index is 1990. The van der Waals surface area contributed by atoms with Crippen LogP contribution in [-0.2, 0) is 52.2 Å². The second-order valence-corrected chi connectivity index (χ2v) is 14.9. The highest BCUT2D eigenvalue weighted by Crippen LogP contribution is 2.53. The number of esters is 2. The van der Waals surface area contributed by atoms with Crippen LogP contribution in [0.4, 0.5) is 0 Å². The topological polar surface area (TPSA) is 112 Å². The van der Waals surface area contributed by atoms with E-state index in [1.807, 2.05) is 126 Å². The van der Waals surface area contributed by atoms with Gasteiger partial charge in [-0.1, -0.05) is 72.8 Å². The number of benzene rings is 3. The molecule has 3 aromatic carbocycles. The first-order chi connectivity index (χ1) is 26.2. The Morgan fingerprint density at radius 1 is 0.759 bits per heavy atom. The molecule has 0 spiro atoms. The maximum Gasteiger partial charge on any atom is 0.445 e. The normalized spacial score (nSPS) is 14.3. The van der Waals surface area contributed by atoms with Crippen molar-refractivity contribution in [2.75, 3.05) is 41.3 Å². The van der Waals surface area contributed by atoms with E-state index in [4.69, 9.17) is 23.3 Å². The van der Waals surface area contributed by atoms with Gasteiger partial charge in [-0.25, -0.2) is 14.2 Å². The first kappa shape index (κ1) is 38.3. The number of ether oxygens (including phenoxy) is 3. The predicted molar refractivity (Wildman–Crippen MR) is 205 cm³/mol. The van der Waals surface area contributed by atoms with E-state index in [1.165, 1.54) is 4.34 Å². The zero-order valence-corrected chi connectivity index (χ0v) is 31.6. The van der Waals surface area contributed by atoms with Crippen LogP contribution < -0.4 is 4.74 Å². The Kier molecular flexibility index (Phi) is 12.8. The van der Waals surface area contributed by atoms with Crippen LogP contribution in [0.2, 0.25) is 0 Å². The third kappa shape index (κ3) is 9.97. The van der Waals surface area contributed by atoms with Crippen LogP contribution in [0.5, 0.6) is 5.75 Å². The van der Waals surface area contributed by atoms with E-state index in [1.54, 1.807) is 31.8 Å². The van der Waals surface area contributed by atoms with Gasteiger partial charge in [0, 0.05) is 74.9 Å². The van der Waals surface area contributed by atoms with E-state index < -0.39 is 33.3 Å². The van der Waals surface area contributed by atoms with Crippen molar-refractivity contribution >= 4 is 30.6 Å². The van der Waals surface area contributed by atoms with E-state index in [-0.39, 0.29) is 0 Å². The predicted octanol–water partition coefficient (Wildman–Crippen LogP) is 7.35. The first-order valence-corrected chi connectivity index (χ1v) is 19.1. The zero-order valence-electron chi connectivity index (χ0n) is 30.7. The quantitative estimate of drug-likeness (QED) is 0.0613. The minimum Gasteiger partial charge on any atom is -0.497 e. The first-order valence-electron chi connectivity index (χ1n) is 17.6. The summed E-state index contributed by atoms with van der Waals surface area (Å²) in [7, 11) is 1.11. The molecule has 54 heavy (non-hydrogen) atoms. The van der Waals surface area contributed by atoms with Gasteiger partial charge < -0.3 is 28.9 Å². The Morgan fingerprint density at radius 3 is 1.80 bits per heavy atom. The van der Waals surface area contributed by atoms with Crippen LogP contribution in [0.25, 0.3) is 10.9 Å². The number of carbonyl (C=O) groups excluding carboxylic acids is 2. The molecule has 2 aliphatic heterocycles. The molecule has 0 bridgehead atoms. The molecule has 0 amide bonds. The Morgan fingerprint density at radius 2 is 1.30 bits per heavy atom. The summed E-state index contributed by atoms with van der Waals surface area (Å²) in [4.78, 5) is 32.3. The van der Waals surface area contributed by atoms with E-state index >= 15 is 0 Å². The summed E-state index contributed by atoms with van der Waals surface area (Å²) in [6.45, 7) is 0.494. The molecule has 1 aromatic heterocycles. The number of hydrogen-bond acceptors (Lipinski definition) is 11. The van der Waals surface area contributed by atoms with Gasteiger partial charge in [0.25, 0.3) is 0 Å². The molecule has 0 unspecified atom stereocenters. The summed E-state index contributed by atoms with van der Waals surface area (Å²) in [5.41, 5.74) is 4.36. The van der Waals surface area contributed by atoms with Gasteiger partial charge in [-0.05, 0) is 49.3 Å². The molecular weight excluding hydrogens is 707 g/mol. The number of rotatable bonds is 17. The van der Waals surface area contributed by atoms with Gasteiger partial charge in [0.1, 0.15) is 5.75 Å². The van der Waals surface area contributed by atoms with Crippen LogP contribution in [0.1, 0.15) is 29.5 Å². The number of methoxy groups -OCH3 is 1. The smallest absolute Gasteiger partial charge is 0.445 e. The molecule has 0 saturated carbocycles. The third-order valence-corrected chi connectivity index (χ3v) is 10.6. The summed E-state index contributed by atoms with van der Waals surface area (Å²) in [5.74, 6) is -0.725. The molecule has 0 saturated heterocycles. The van der Waals surface area contributed by atoms with Gasteiger partial charge in [0.15, 0.2) is 0 Å². The van der Waals surface area contributed by atoms with Crippen LogP contribution in [-0.4, -0.2) is 72.3 Å². The lowest BCUT2D eigenvalue weighted by molar-refractivity contribution is -0.147. The molecule has 13 heteroatoms. The number of carbonyl (C=O) groups is 2. The fraction of sp³-hybridized carbons (Fsp3) is 0.268. The minimum atomic E-state index is -4.38. The molecule has 0 atom stereocenters. The molecule has 0 aliphatic carbocycles. The molecule has 0 fully saturated rings. The SMILES string of the molecule is COc1ccc2c(CCN(C)C)cn(P(=O)(OCOC(=O)C3=CN(Cc4ccccc4)C=CC3)OCOC(=O)C3=CN(Cc4ccccc4)C=CC3)c2c1. The monoisotopic (exact) mass is 752 g/mol. The van der Waals surface area contributed by atoms with Crippen molar-refractivity contribution in [2.45, 2.75) is 32.4 Å². The van der Waals surface area contributed by atoms with Crippen molar-refractivity contribution in [3.63, 3.8) is 0 Å². The average molecular weight is 753 g/mol. The standard InChI is InChI=1S/C41H45N4O8P/c1-42(2)23-20-34-29-45(39-24-37(49-3)18-19-38(34)39)54(48,52-30-50-40(46)35-16-10-21-43(27-35)25-32-12-6-4-7-13-32)53-31-51-41(47)36-17-11-22-44(28-36)26-33-14-8-5-9-15-33/h4-15,18-19,21-22,24,27-29H,16-17,20,23,25-26,30-31H2,1-3H3. The van der Waals surface area contributed by atoms with Crippen LogP contribution in [0.15, 0.2) is 133 Å². The van der Waals surface area contributed by atoms with E-state index in [9.17, 15) is 14.2 Å². The molecular formula is C41H45N4O8P. The van der Waals surface area contributed by atoms with E-state index in [2.05, 4.69) is 0 Å². The lowest BCUT2D eigenvalue weighted by atomic mass is 10.1. The molecule has 6 rings (SSSR count). The largest absolute Gasteiger partial charge is 0.497 e. The summed E-state index contributed by atoms with van der Waals surface area (Å²) in [5, 5.41) is 0.814. The summed E-state index contributed by atoms with van der Waals surface area (Å²) < 4.78 is 44.4. The van der Waals surface area contributed by atoms with Crippen molar-refractivity contribution in [3.8, 4) is 5.75 Å². The fourth-order valence-corrected chi connectivity index (χ4v) is 7.46. The fourth-order valence-electron chi connectivity index (χ4n) is 6.05. The van der Waals surface area contributed by atoms with Gasteiger partial charge in [-0.15, -0.1) is 0 Å². The molecule has 4 aromatic rings. The van der Waals surface area contributed by atoms with Crippen LogP contribution in [0, 0.1) is 0 Å². The van der Waals surface area contributed by atoms with Gasteiger partial charge in [-0.3, -0.25) is 13.4 Å². The summed E-state index contributed by atoms with van der Waals surface area (Å²) in [6.07, 6.45) is 14.1. The molecule has 12 nitrogen and oxygen atoms in total. The second-order valence-electron chi connectivity index (χ2n) is 13.1. The highest BCUT2D eigenvalue weighted by atomic mass is 31.2. The molecule has 0 N–H and O–H groups in total. The van der Waals surface area contributed by atoms with Gasteiger partial charge >= 0.3 is 19.7 Å². The van der Waals surface area contributed by atoms with Crippen LogP contribution >= 0.6 is 7.75 Å². The third-order valence-electron chi connectivity index (χ3n) is 8.83. The maximum absolute atomic E-state index is 14.8. The van der Waals surface area contributed by atoms with E-state index in [0.29, 0.717) is 54.8 Å². The van der Waals surface area contributed by atoms with Crippen molar-refractivity contribution in [2.24, 2.45) is 0 Å². The van der Waals surface area contributed by atoms with Gasteiger partial charge in [0.05, 0.1) is 23.8 Å². The second kappa shape index (κ2) is 18.1. The Balaban J connectivity index is 1.19. The lowest BCUT2D eigenvalue weighted by Gasteiger charge is -2.23.